The van der Waals surface area contributed by atoms with Crippen LogP contribution in [0, 0.1) is 0 Å². The van der Waals surface area contributed by atoms with Crippen LogP contribution in [0.5, 0.6) is 11.5 Å². The maximum absolute atomic E-state index is 13.1. The zero-order chi connectivity index (χ0) is 28.2. The number of hydrogen-bond acceptors (Lipinski definition) is 8. The Morgan fingerprint density at radius 3 is 1.74 bits per heavy atom. The van der Waals surface area contributed by atoms with Gasteiger partial charge in [-0.2, -0.15) is 0 Å². The second-order valence-electron chi connectivity index (χ2n) is 8.59. The van der Waals surface area contributed by atoms with Gasteiger partial charge in [0.05, 0.1) is 12.6 Å². The van der Waals surface area contributed by atoms with Crippen LogP contribution >= 0.6 is 0 Å². The molecule has 0 heterocycles. The summed E-state index contributed by atoms with van der Waals surface area (Å²) in [4.78, 5) is 60.3. The summed E-state index contributed by atoms with van der Waals surface area (Å²) in [5.74, 6) is -4.17. The lowest BCUT2D eigenvalue weighted by Crippen LogP contribution is -2.54. The van der Waals surface area contributed by atoms with Crippen molar-refractivity contribution in [3.8, 4) is 11.5 Å². The SMILES string of the molecule is NC(=O)CCC(N)C(=O)NCC(=O)NC(Cc1ccc(O)cc1)C(=O)NC(Cc1ccc(O)cc1)C(=O)O. The fraction of sp³-hybridized carbons (Fsp3) is 0.320. The number of nitrogens with one attached hydrogen (secondary N) is 3. The lowest BCUT2D eigenvalue weighted by Gasteiger charge is -2.22. The molecule has 0 bridgehead atoms. The third-order valence-electron chi connectivity index (χ3n) is 5.48. The number of phenolic OH excluding ortho intramolecular Hbond substituents is 2. The highest BCUT2D eigenvalue weighted by Crippen LogP contribution is 2.13. The highest BCUT2D eigenvalue weighted by Gasteiger charge is 2.27. The first kappa shape index (κ1) is 29.6. The van der Waals surface area contributed by atoms with Crippen LogP contribution in [0.3, 0.4) is 0 Å². The molecule has 3 unspecified atom stereocenters. The highest BCUT2D eigenvalue weighted by atomic mass is 16.4. The minimum atomic E-state index is -1.34. The smallest absolute Gasteiger partial charge is 0.326 e. The van der Waals surface area contributed by atoms with E-state index in [-0.39, 0.29) is 37.2 Å². The highest BCUT2D eigenvalue weighted by molar-refractivity contribution is 5.92. The lowest BCUT2D eigenvalue weighted by molar-refractivity contribution is -0.142. The summed E-state index contributed by atoms with van der Waals surface area (Å²) in [5.41, 5.74) is 11.8. The van der Waals surface area contributed by atoms with Crippen LogP contribution < -0.4 is 27.4 Å². The first-order valence-corrected chi connectivity index (χ1v) is 11.6. The van der Waals surface area contributed by atoms with Crippen molar-refractivity contribution in [3.63, 3.8) is 0 Å². The first-order valence-electron chi connectivity index (χ1n) is 11.6. The van der Waals surface area contributed by atoms with Gasteiger partial charge in [0.15, 0.2) is 0 Å². The van der Waals surface area contributed by atoms with E-state index in [1.807, 2.05) is 0 Å². The van der Waals surface area contributed by atoms with E-state index in [0.29, 0.717) is 11.1 Å². The van der Waals surface area contributed by atoms with Crippen LogP contribution in [0.4, 0.5) is 0 Å². The Hall–Kier alpha value is -4.65. The van der Waals surface area contributed by atoms with E-state index in [1.165, 1.54) is 48.5 Å². The summed E-state index contributed by atoms with van der Waals surface area (Å²) in [7, 11) is 0. The number of aliphatic carboxylic acids is 1. The van der Waals surface area contributed by atoms with Crippen molar-refractivity contribution in [1.29, 1.82) is 0 Å². The van der Waals surface area contributed by atoms with Crippen molar-refractivity contribution in [1.82, 2.24) is 16.0 Å². The van der Waals surface area contributed by atoms with E-state index in [4.69, 9.17) is 11.5 Å². The summed E-state index contributed by atoms with van der Waals surface area (Å²) in [6.45, 7) is -0.529. The molecule has 0 aliphatic heterocycles. The Kier molecular flexibility index (Phi) is 11.0. The molecule has 13 heteroatoms. The van der Waals surface area contributed by atoms with Crippen molar-refractivity contribution >= 4 is 29.6 Å². The Morgan fingerprint density at radius 2 is 1.26 bits per heavy atom. The zero-order valence-electron chi connectivity index (χ0n) is 20.4. The maximum Gasteiger partial charge on any atom is 0.326 e. The molecular formula is C25H31N5O8. The van der Waals surface area contributed by atoms with Crippen LogP contribution in [0.1, 0.15) is 24.0 Å². The Balaban J connectivity index is 2.09. The lowest BCUT2D eigenvalue weighted by atomic mass is 10.0. The third kappa shape index (κ3) is 10.1. The van der Waals surface area contributed by atoms with Crippen molar-refractivity contribution in [3.05, 3.63) is 59.7 Å². The van der Waals surface area contributed by atoms with Crippen LogP contribution in [-0.4, -0.2) is 69.6 Å². The zero-order valence-corrected chi connectivity index (χ0v) is 20.4. The van der Waals surface area contributed by atoms with Crippen molar-refractivity contribution in [2.24, 2.45) is 11.5 Å². The third-order valence-corrected chi connectivity index (χ3v) is 5.48. The molecule has 13 nitrogen and oxygen atoms in total. The molecule has 0 radical (unpaired) electrons. The van der Waals surface area contributed by atoms with Gasteiger partial charge in [0.2, 0.25) is 23.6 Å². The van der Waals surface area contributed by atoms with Crippen LogP contribution in [0.15, 0.2) is 48.5 Å². The van der Waals surface area contributed by atoms with Gasteiger partial charge in [-0.25, -0.2) is 4.79 Å². The molecule has 3 atom stereocenters. The van der Waals surface area contributed by atoms with Gasteiger partial charge in [0.25, 0.3) is 0 Å². The normalized spacial score (nSPS) is 13.0. The quantitative estimate of drug-likeness (QED) is 0.144. The number of benzene rings is 2. The number of phenols is 2. The van der Waals surface area contributed by atoms with Crippen LogP contribution in [0.2, 0.25) is 0 Å². The average molecular weight is 530 g/mol. The van der Waals surface area contributed by atoms with E-state index in [2.05, 4.69) is 16.0 Å². The molecule has 2 aromatic rings. The molecule has 38 heavy (non-hydrogen) atoms. The Bertz CT molecular complexity index is 1140. The van der Waals surface area contributed by atoms with E-state index >= 15 is 0 Å². The molecule has 204 valence electrons. The Labute approximate surface area is 218 Å². The largest absolute Gasteiger partial charge is 0.508 e. The molecule has 2 rings (SSSR count). The summed E-state index contributed by atoms with van der Waals surface area (Å²) in [6.07, 6.45) is -0.243. The fourth-order valence-electron chi connectivity index (χ4n) is 3.39. The van der Waals surface area contributed by atoms with Gasteiger partial charge < -0.3 is 42.7 Å². The molecule has 0 aliphatic rings. The molecule has 0 fully saturated rings. The van der Waals surface area contributed by atoms with Crippen LogP contribution in [-0.2, 0) is 36.8 Å². The molecule has 2 aromatic carbocycles. The molecule has 0 saturated heterocycles. The summed E-state index contributed by atoms with van der Waals surface area (Å²) in [6, 6.07) is 8.03. The number of rotatable bonds is 14. The van der Waals surface area contributed by atoms with E-state index < -0.39 is 54.3 Å². The number of carboxylic acids is 1. The van der Waals surface area contributed by atoms with Gasteiger partial charge in [0.1, 0.15) is 23.6 Å². The number of hydrogen-bond donors (Lipinski definition) is 8. The predicted octanol–water partition coefficient (Wildman–Crippen LogP) is -1.35. The van der Waals surface area contributed by atoms with Crippen molar-refractivity contribution < 1.29 is 39.3 Å². The summed E-state index contributed by atoms with van der Waals surface area (Å²) < 4.78 is 0. The Morgan fingerprint density at radius 1 is 0.763 bits per heavy atom. The summed E-state index contributed by atoms with van der Waals surface area (Å²) in [5, 5.41) is 35.8. The van der Waals surface area contributed by atoms with Crippen LogP contribution in [0.25, 0.3) is 0 Å². The standard InChI is InChI=1S/C25H31N5O8/c26-18(9-10-21(27)33)23(35)28-13-22(34)29-19(11-14-1-5-16(31)6-2-14)24(36)30-20(25(37)38)12-15-3-7-17(32)8-4-15/h1-8,18-20,31-32H,9-13,26H2,(H2,27,33)(H,28,35)(H,29,34)(H,30,36)(H,37,38). The summed E-state index contributed by atoms with van der Waals surface area (Å²) >= 11 is 0. The van der Waals surface area contributed by atoms with E-state index in [0.717, 1.165) is 0 Å². The van der Waals surface area contributed by atoms with Gasteiger partial charge in [-0.15, -0.1) is 0 Å². The number of aromatic hydroxyl groups is 2. The van der Waals surface area contributed by atoms with Gasteiger partial charge in [-0.05, 0) is 41.8 Å². The number of primary amides is 1. The molecule has 0 spiro atoms. The molecule has 4 amide bonds. The van der Waals surface area contributed by atoms with Crippen molar-refractivity contribution in [2.75, 3.05) is 6.54 Å². The van der Waals surface area contributed by atoms with Gasteiger partial charge >= 0.3 is 5.97 Å². The number of carbonyl (C=O) groups excluding carboxylic acids is 4. The van der Waals surface area contributed by atoms with E-state index in [9.17, 15) is 39.3 Å². The van der Waals surface area contributed by atoms with Crippen molar-refractivity contribution in [2.45, 2.75) is 43.8 Å². The number of carbonyl (C=O) groups is 5. The minimum Gasteiger partial charge on any atom is -0.508 e. The number of nitrogens with two attached hydrogens (primary N) is 2. The van der Waals surface area contributed by atoms with Gasteiger partial charge in [-0.3, -0.25) is 19.2 Å². The fourth-order valence-corrected chi connectivity index (χ4v) is 3.39. The molecule has 0 saturated carbocycles. The molecule has 10 N–H and O–H groups in total. The second-order valence-corrected chi connectivity index (χ2v) is 8.59. The maximum atomic E-state index is 13.1. The average Bonchev–Trinajstić information content (AvgIpc) is 2.87. The predicted molar refractivity (Wildman–Crippen MR) is 135 cm³/mol. The van der Waals surface area contributed by atoms with E-state index in [1.54, 1.807) is 0 Å². The monoisotopic (exact) mass is 529 g/mol. The number of carboxylic acid groups (broad SMARTS) is 1. The molecule has 0 aliphatic carbocycles. The second kappa shape index (κ2) is 14.2. The molecular weight excluding hydrogens is 498 g/mol. The first-order chi connectivity index (χ1) is 17.9. The van der Waals surface area contributed by atoms with Gasteiger partial charge in [0, 0.05) is 19.3 Å². The molecule has 0 aromatic heterocycles. The topological polar surface area (TPSA) is 234 Å². The number of amides is 4. The van der Waals surface area contributed by atoms with Gasteiger partial charge in [-0.1, -0.05) is 24.3 Å². The minimum absolute atomic E-state index is 0.00208.